The van der Waals surface area contributed by atoms with Gasteiger partial charge in [-0.3, -0.25) is 14.8 Å². The number of carbonyl (C=O) groups is 2. The third-order valence-electron chi connectivity index (χ3n) is 3.74. The molecule has 1 aliphatic rings. The summed E-state index contributed by atoms with van der Waals surface area (Å²) in [7, 11) is -3.49. The molecule has 0 aromatic heterocycles. The van der Waals surface area contributed by atoms with Crippen molar-refractivity contribution < 1.29 is 33.4 Å². The molecule has 5 N–H and O–H groups in total. The number of amides is 2. The highest BCUT2D eigenvalue weighted by Gasteiger charge is 2.55. The molecule has 0 spiro atoms. The van der Waals surface area contributed by atoms with Crippen LogP contribution in [0.15, 0.2) is 37.4 Å². The normalized spacial score (nSPS) is 15.8. The summed E-state index contributed by atoms with van der Waals surface area (Å²) in [5.41, 5.74) is 0.0914. The van der Waals surface area contributed by atoms with Crippen molar-refractivity contribution in [2.45, 2.75) is 18.1 Å². The van der Waals surface area contributed by atoms with Gasteiger partial charge in [-0.1, -0.05) is 11.8 Å². The van der Waals surface area contributed by atoms with Gasteiger partial charge in [0.05, 0.1) is 18.1 Å². The largest absolute Gasteiger partial charge is 0.395 e. The van der Waals surface area contributed by atoms with Gasteiger partial charge in [0.25, 0.3) is 11.8 Å². The highest BCUT2D eigenvalue weighted by Crippen LogP contribution is 2.27. The Morgan fingerprint density at radius 3 is 2.17 bits per heavy atom. The number of aliphatic hydroxyl groups is 2. The predicted octanol–water partition coefficient (Wildman–Crippen LogP) is 0.757. The van der Waals surface area contributed by atoms with Crippen molar-refractivity contribution in [1.82, 2.24) is 10.8 Å². The van der Waals surface area contributed by atoms with Crippen LogP contribution >= 0.6 is 37.2 Å². The molecule has 166 valence electrons. The molecule has 2 rings (SSSR count). The van der Waals surface area contributed by atoms with E-state index in [1.165, 1.54) is 17.6 Å². The van der Waals surface area contributed by atoms with Crippen LogP contribution in [0.3, 0.4) is 0 Å². The Labute approximate surface area is 198 Å². The van der Waals surface area contributed by atoms with E-state index in [4.69, 9.17) is 10.3 Å². The molecule has 0 radical (unpaired) electrons. The Hall–Kier alpha value is -1.25. The lowest BCUT2D eigenvalue weighted by atomic mass is 9.96. The molecule has 2 amide bonds. The summed E-state index contributed by atoms with van der Waals surface area (Å²) in [6, 6.07) is 4.36. The lowest BCUT2D eigenvalue weighted by Crippen LogP contribution is -2.70. The van der Waals surface area contributed by atoms with Crippen molar-refractivity contribution in [3.8, 4) is 11.8 Å². The lowest BCUT2D eigenvalue weighted by Gasteiger charge is -2.41. The van der Waals surface area contributed by atoms with Gasteiger partial charge < -0.3 is 15.5 Å². The lowest BCUT2D eigenvalue weighted by molar-refractivity contribution is -0.137. The van der Waals surface area contributed by atoms with Crippen molar-refractivity contribution in [1.29, 1.82) is 0 Å². The number of benzene rings is 1. The minimum Gasteiger partial charge on any atom is -0.395 e. The molecule has 30 heavy (non-hydrogen) atoms. The zero-order valence-corrected chi connectivity index (χ0v) is 20.9. The molecule has 0 aliphatic carbocycles. The molecule has 1 unspecified atom stereocenters. The number of sulfone groups is 1. The third-order valence-corrected chi connectivity index (χ3v) is 5.62. The number of hydroxylamine groups is 1. The van der Waals surface area contributed by atoms with E-state index in [0.717, 1.165) is 0 Å². The number of aliphatic hydroxyl groups excluding tert-OH is 1. The molecular weight excluding hydrogens is 642 g/mol. The van der Waals surface area contributed by atoms with Crippen LogP contribution < -0.4 is 10.8 Å². The second kappa shape index (κ2) is 13.9. The van der Waals surface area contributed by atoms with E-state index >= 15 is 0 Å². The topological polar surface area (TPSA) is 153 Å². The fourth-order valence-electron chi connectivity index (χ4n) is 2.53. The smallest absolute Gasteiger partial charge is 0.268 e. The molecule has 1 aromatic rings. The molecule has 1 aliphatic heterocycles. The predicted molar refractivity (Wildman–Crippen MR) is 129 cm³/mol. The van der Waals surface area contributed by atoms with Gasteiger partial charge in [0.1, 0.15) is 11.6 Å². The van der Waals surface area contributed by atoms with Gasteiger partial charge in [-0.15, -0.1) is 13.2 Å². The highest BCUT2D eigenvalue weighted by molar-refractivity contribution is 15.0. The van der Waals surface area contributed by atoms with Crippen LogP contribution in [0.1, 0.15) is 22.3 Å². The van der Waals surface area contributed by atoms with Crippen LogP contribution in [0, 0.1) is 11.8 Å². The molecule has 1 aromatic carbocycles. The zero-order chi connectivity index (χ0) is 23.4. The van der Waals surface area contributed by atoms with E-state index in [9.17, 15) is 23.1 Å². The number of carbonyl (C=O) groups excluding carboxylic acids is 2. The number of rotatable bonds is 5. The first-order chi connectivity index (χ1) is 14.2. The summed E-state index contributed by atoms with van der Waals surface area (Å²) in [4.78, 5) is 24.1. The van der Waals surface area contributed by atoms with Gasteiger partial charge in [-0.05, 0) is 24.3 Å². The molecule has 1 heterocycles. The van der Waals surface area contributed by atoms with Gasteiger partial charge in [-0.2, -0.15) is 0 Å². The van der Waals surface area contributed by atoms with E-state index in [0.29, 0.717) is 12.0 Å². The van der Waals surface area contributed by atoms with Gasteiger partial charge in [0.15, 0.2) is 9.84 Å². The molecule has 1 fully saturated rings. The minimum atomic E-state index is -3.49. The summed E-state index contributed by atoms with van der Waals surface area (Å²) in [6.45, 7) is 5.94. The van der Waals surface area contributed by atoms with E-state index in [1.807, 2.05) is 0 Å². The average Bonchev–Trinajstić information content (AvgIpc) is 2.73. The first-order valence-corrected chi connectivity index (χ1v) is 16.3. The van der Waals surface area contributed by atoms with Crippen molar-refractivity contribution in [3.63, 3.8) is 0 Å². The monoisotopic (exact) mass is 664 g/mol. The summed E-state index contributed by atoms with van der Waals surface area (Å²) in [5, 5.41) is 30.0. The molecule has 1 saturated heterocycles. The number of hydrogen-bond donors (Lipinski definition) is 5. The summed E-state index contributed by atoms with van der Waals surface area (Å²) in [6.07, 6.45) is 0.321. The SMILES string of the molecule is C=C.II.O=C(NC(C(=O)NO)C1(O)CS(=O)(=O)C1)c1ccc(C#CCCO)cc1. The maximum atomic E-state index is 12.3. The second-order valence-electron chi connectivity index (χ2n) is 5.87. The highest BCUT2D eigenvalue weighted by atomic mass is 128. The Balaban J connectivity index is 0.00000198. The van der Waals surface area contributed by atoms with Gasteiger partial charge in [0, 0.05) is 54.8 Å². The third kappa shape index (κ3) is 8.47. The fourth-order valence-corrected chi connectivity index (χ4v) is 4.31. The molecule has 12 heteroatoms. The fraction of sp³-hybridized carbons (Fsp3) is 0.333. The Bertz CT molecular complexity index is 868. The van der Waals surface area contributed by atoms with Crippen molar-refractivity contribution in [2.24, 2.45) is 0 Å². The molecular formula is C18H22I2N2O7S. The summed E-state index contributed by atoms with van der Waals surface area (Å²) in [5.74, 6) is 2.27. The Kier molecular flexibility index (Phi) is 13.4. The van der Waals surface area contributed by atoms with Gasteiger partial charge in [-0.25, -0.2) is 13.9 Å². The first-order valence-electron chi connectivity index (χ1n) is 8.22. The van der Waals surface area contributed by atoms with E-state index in [2.05, 4.69) is 67.5 Å². The van der Waals surface area contributed by atoms with Gasteiger partial charge in [0.2, 0.25) is 0 Å². The van der Waals surface area contributed by atoms with Crippen LogP contribution in [0.5, 0.6) is 0 Å². The van der Waals surface area contributed by atoms with Crippen LogP contribution in [0.25, 0.3) is 0 Å². The van der Waals surface area contributed by atoms with Crippen LogP contribution in [0.2, 0.25) is 0 Å². The average molecular weight is 664 g/mol. The maximum absolute atomic E-state index is 12.3. The number of halogens is 2. The second-order valence-corrected chi connectivity index (χ2v) is 7.94. The van der Waals surface area contributed by atoms with Crippen LogP contribution in [0.4, 0.5) is 0 Å². The van der Waals surface area contributed by atoms with E-state index in [-0.39, 0.29) is 12.2 Å². The minimum absolute atomic E-state index is 0.0551. The van der Waals surface area contributed by atoms with E-state index < -0.39 is 44.8 Å². The van der Waals surface area contributed by atoms with Crippen molar-refractivity contribution in [3.05, 3.63) is 48.6 Å². The van der Waals surface area contributed by atoms with Crippen molar-refractivity contribution in [2.75, 3.05) is 18.1 Å². The Morgan fingerprint density at radius 1 is 1.20 bits per heavy atom. The maximum Gasteiger partial charge on any atom is 0.268 e. The number of nitrogens with one attached hydrogen (secondary N) is 2. The van der Waals surface area contributed by atoms with E-state index in [1.54, 1.807) is 12.1 Å². The molecule has 9 nitrogen and oxygen atoms in total. The molecule has 0 bridgehead atoms. The summed E-state index contributed by atoms with van der Waals surface area (Å²) >= 11 is 4.24. The molecule has 1 atom stereocenters. The Morgan fingerprint density at radius 2 is 1.73 bits per heavy atom. The molecule has 0 saturated carbocycles. The summed E-state index contributed by atoms with van der Waals surface area (Å²) < 4.78 is 22.6. The first kappa shape index (κ1) is 28.8. The number of hydrogen-bond acceptors (Lipinski definition) is 7. The van der Waals surface area contributed by atoms with Crippen LogP contribution in [-0.2, 0) is 14.6 Å². The van der Waals surface area contributed by atoms with Gasteiger partial charge >= 0.3 is 0 Å². The van der Waals surface area contributed by atoms with Crippen LogP contribution in [-0.4, -0.2) is 65.4 Å². The zero-order valence-electron chi connectivity index (χ0n) is 15.8. The standard InChI is InChI=1S/C16H18N2O7S.C2H4.I2/c19-8-2-1-3-11-4-6-12(7-5-11)14(20)17-13(15(21)18-23)16(22)9-26(24,25)10-16;2*1-2/h4-7,13,19,22-23H,2,8-10H2,(H,17,20)(H,18,21);1-2H2;. The quantitative estimate of drug-likeness (QED) is 0.103. The van der Waals surface area contributed by atoms with Crippen molar-refractivity contribution >= 4 is 58.9 Å².